The van der Waals surface area contributed by atoms with E-state index in [9.17, 15) is 24.6 Å². The van der Waals surface area contributed by atoms with Crippen LogP contribution >= 0.6 is 0 Å². The van der Waals surface area contributed by atoms with E-state index in [4.69, 9.17) is 4.74 Å². The molecule has 8 nitrogen and oxygen atoms in total. The van der Waals surface area contributed by atoms with Crippen LogP contribution in [-0.2, 0) is 20.9 Å². The van der Waals surface area contributed by atoms with Crippen LogP contribution in [0.1, 0.15) is 116 Å². The molecule has 0 aliphatic heterocycles. The van der Waals surface area contributed by atoms with Crippen LogP contribution in [0.25, 0.3) is 0 Å². The van der Waals surface area contributed by atoms with Crippen molar-refractivity contribution < 1.29 is 29.3 Å². The summed E-state index contributed by atoms with van der Waals surface area (Å²) >= 11 is 0. The molecule has 0 spiro atoms. The summed E-state index contributed by atoms with van der Waals surface area (Å²) in [4.78, 5) is 36.5. The number of nitrogens with one attached hydrogen (secondary N) is 2. The molecule has 3 unspecified atom stereocenters. The first-order chi connectivity index (χ1) is 22.0. The van der Waals surface area contributed by atoms with Crippen molar-refractivity contribution >= 4 is 18.0 Å². The molecule has 0 saturated heterocycles. The predicted molar refractivity (Wildman–Crippen MR) is 178 cm³/mol. The van der Waals surface area contributed by atoms with Crippen LogP contribution in [0.15, 0.2) is 30.3 Å². The number of hydrogen-bond donors (Lipinski definition) is 4. The quantitative estimate of drug-likeness (QED) is 0.171. The summed E-state index contributed by atoms with van der Waals surface area (Å²) in [6, 6.07) is 8.21. The molecule has 2 amide bonds. The number of aliphatic hydroxyl groups is 1. The van der Waals surface area contributed by atoms with Crippen molar-refractivity contribution in [1.82, 2.24) is 10.6 Å². The third-order valence-electron chi connectivity index (χ3n) is 13.3. The average Bonchev–Trinajstić information content (AvgIpc) is 3.40. The number of fused-ring (bicyclic) bond motifs is 5. The van der Waals surface area contributed by atoms with Gasteiger partial charge in [-0.2, -0.15) is 0 Å². The van der Waals surface area contributed by atoms with Crippen molar-refractivity contribution in [1.29, 1.82) is 0 Å². The van der Waals surface area contributed by atoms with Crippen molar-refractivity contribution in [3.05, 3.63) is 35.9 Å². The van der Waals surface area contributed by atoms with Gasteiger partial charge in [0.2, 0.25) is 5.91 Å². The summed E-state index contributed by atoms with van der Waals surface area (Å²) in [5.41, 5.74) is 1.61. The Kier molecular flexibility index (Phi) is 11.4. The van der Waals surface area contributed by atoms with Crippen molar-refractivity contribution in [2.75, 3.05) is 6.54 Å². The number of alkyl carbamates (subject to hydrolysis) is 1. The topological polar surface area (TPSA) is 125 Å². The average molecular weight is 639 g/mol. The molecule has 8 heteroatoms. The van der Waals surface area contributed by atoms with E-state index in [1.165, 1.54) is 44.9 Å². The molecule has 0 aromatic heterocycles. The maximum Gasteiger partial charge on any atom is 0.408 e. The predicted octanol–water partition coefficient (Wildman–Crippen LogP) is 7.09. The summed E-state index contributed by atoms with van der Waals surface area (Å²) < 4.78 is 5.16. The molecule has 4 N–H and O–H groups in total. The van der Waals surface area contributed by atoms with Crippen molar-refractivity contribution in [2.24, 2.45) is 46.3 Å². The number of unbranched alkanes of at least 4 members (excludes halogenated alkanes) is 1. The Bertz CT molecular complexity index is 1190. The summed E-state index contributed by atoms with van der Waals surface area (Å²) in [5, 5.41) is 25.4. The first-order valence-electron chi connectivity index (χ1n) is 18.2. The lowest BCUT2D eigenvalue weighted by Gasteiger charge is -2.61. The number of carboxylic acid groups (broad SMARTS) is 1. The third kappa shape index (κ3) is 7.74. The number of aliphatic carboxylic acids is 1. The van der Waals surface area contributed by atoms with E-state index in [0.717, 1.165) is 42.6 Å². The fraction of sp³-hybridized carbons (Fsp3) is 0.763. The van der Waals surface area contributed by atoms with Gasteiger partial charge in [0.05, 0.1) is 6.10 Å². The van der Waals surface area contributed by atoms with Crippen molar-refractivity contribution in [2.45, 2.75) is 129 Å². The third-order valence-corrected chi connectivity index (χ3v) is 13.3. The molecule has 10 atom stereocenters. The monoisotopic (exact) mass is 638 g/mol. The van der Waals surface area contributed by atoms with E-state index in [1.54, 1.807) is 0 Å². The van der Waals surface area contributed by atoms with E-state index in [1.807, 2.05) is 30.3 Å². The summed E-state index contributed by atoms with van der Waals surface area (Å²) in [7, 11) is 0. The van der Waals surface area contributed by atoms with E-state index < -0.39 is 18.1 Å². The van der Waals surface area contributed by atoms with Gasteiger partial charge in [0.1, 0.15) is 12.6 Å². The second-order valence-corrected chi connectivity index (χ2v) is 15.8. The number of ether oxygens (including phenoxy) is 1. The maximum atomic E-state index is 12.7. The van der Waals surface area contributed by atoms with Crippen LogP contribution < -0.4 is 10.6 Å². The molecule has 5 rings (SSSR count). The number of carbonyl (C=O) groups is 3. The van der Waals surface area contributed by atoms with Crippen LogP contribution in [0.3, 0.4) is 0 Å². The van der Waals surface area contributed by atoms with Gasteiger partial charge in [-0.1, -0.05) is 51.1 Å². The zero-order valence-electron chi connectivity index (χ0n) is 28.3. The summed E-state index contributed by atoms with van der Waals surface area (Å²) in [6.45, 7) is 8.08. The minimum atomic E-state index is -1.10. The zero-order chi connectivity index (χ0) is 32.9. The number of carboxylic acids is 1. The summed E-state index contributed by atoms with van der Waals surface area (Å²) in [5.74, 6) is 3.29. The Morgan fingerprint density at radius 2 is 1.67 bits per heavy atom. The first kappa shape index (κ1) is 34.7. The molecule has 4 fully saturated rings. The molecule has 1 aromatic carbocycles. The lowest BCUT2D eigenvalue weighted by Crippen LogP contribution is -2.54. The van der Waals surface area contributed by atoms with Gasteiger partial charge < -0.3 is 25.6 Å². The van der Waals surface area contributed by atoms with Crippen LogP contribution in [0, 0.1) is 46.3 Å². The molecule has 0 bridgehead atoms. The van der Waals surface area contributed by atoms with Gasteiger partial charge >= 0.3 is 12.1 Å². The number of hydrogen-bond acceptors (Lipinski definition) is 5. The molecular formula is C38H58N2O6. The Balaban J connectivity index is 0.999. The smallest absolute Gasteiger partial charge is 0.408 e. The minimum Gasteiger partial charge on any atom is -0.480 e. The van der Waals surface area contributed by atoms with Crippen LogP contribution in [-0.4, -0.2) is 46.9 Å². The number of amides is 2. The van der Waals surface area contributed by atoms with Crippen LogP contribution in [0.4, 0.5) is 4.79 Å². The van der Waals surface area contributed by atoms with E-state index in [0.29, 0.717) is 54.4 Å². The highest BCUT2D eigenvalue weighted by atomic mass is 16.5. The minimum absolute atomic E-state index is 0.0680. The van der Waals surface area contributed by atoms with Gasteiger partial charge in [0.25, 0.3) is 0 Å². The second-order valence-electron chi connectivity index (χ2n) is 15.8. The highest BCUT2D eigenvalue weighted by molar-refractivity contribution is 5.79. The Hall–Kier alpha value is -2.61. The lowest BCUT2D eigenvalue weighted by molar-refractivity contribution is -0.139. The second kappa shape index (κ2) is 15.1. The maximum absolute atomic E-state index is 12.7. The molecule has 0 heterocycles. The van der Waals surface area contributed by atoms with Gasteiger partial charge in [-0.3, -0.25) is 4.79 Å². The number of benzene rings is 1. The van der Waals surface area contributed by atoms with Gasteiger partial charge in [-0.05, 0) is 135 Å². The van der Waals surface area contributed by atoms with E-state index in [-0.39, 0.29) is 25.0 Å². The number of aliphatic hydroxyl groups excluding tert-OH is 1. The molecule has 4 aliphatic carbocycles. The number of carbonyl (C=O) groups excluding carboxylic acids is 2. The van der Waals surface area contributed by atoms with Crippen LogP contribution in [0.5, 0.6) is 0 Å². The highest BCUT2D eigenvalue weighted by Gasteiger charge is 2.60. The molecule has 4 saturated carbocycles. The molecule has 46 heavy (non-hydrogen) atoms. The van der Waals surface area contributed by atoms with Gasteiger partial charge in [0.15, 0.2) is 0 Å². The standard InChI is InChI=1S/C38H58N2O6/c1-25(30-15-16-31-29-14-13-27-23-28(41)18-20-37(27,2)32(29)19-21-38(30,31)3)12-17-34(42)39-22-8-7-11-33(35(43)44)40-36(45)46-24-26-9-5-4-6-10-26/h4-6,9-10,25,27-33,41H,7-8,11-24H2,1-3H3,(H,39,42)(H,40,45)(H,43,44)/t25-,27-,28-,29?,30+,31?,32?,33+,37+,38-/m1/s1. The lowest BCUT2D eigenvalue weighted by atomic mass is 9.44. The molecule has 1 aromatic rings. The van der Waals surface area contributed by atoms with Gasteiger partial charge in [-0.15, -0.1) is 0 Å². The van der Waals surface area contributed by atoms with E-state index >= 15 is 0 Å². The SMILES string of the molecule is C[C@H](CCC(=O)NCCCC[C@H](NC(=O)OCc1ccccc1)C(=O)O)[C@@H]1CCC2C3CC[C@@H]4C[C@H](O)CC[C@]4(C)C3CC[C@@]21C. The van der Waals surface area contributed by atoms with Crippen molar-refractivity contribution in [3.63, 3.8) is 0 Å². The Morgan fingerprint density at radius 1 is 0.935 bits per heavy atom. The fourth-order valence-electron chi connectivity index (χ4n) is 10.7. The normalized spacial score (nSPS) is 34.7. The van der Waals surface area contributed by atoms with Crippen molar-refractivity contribution in [3.8, 4) is 0 Å². The van der Waals surface area contributed by atoms with Gasteiger partial charge in [0, 0.05) is 13.0 Å². The Labute approximate surface area is 275 Å². The summed E-state index contributed by atoms with van der Waals surface area (Å²) in [6.07, 6.45) is 13.1. The number of rotatable bonds is 13. The van der Waals surface area contributed by atoms with Crippen LogP contribution in [0.2, 0.25) is 0 Å². The molecule has 256 valence electrons. The molecular weight excluding hydrogens is 580 g/mol. The van der Waals surface area contributed by atoms with Gasteiger partial charge in [-0.25, -0.2) is 9.59 Å². The molecule has 0 radical (unpaired) electrons. The highest BCUT2D eigenvalue weighted by Crippen LogP contribution is 2.68. The largest absolute Gasteiger partial charge is 0.480 e. The first-order valence-corrected chi connectivity index (χ1v) is 18.2. The molecule has 4 aliphatic rings. The van der Waals surface area contributed by atoms with E-state index in [2.05, 4.69) is 31.4 Å². The Morgan fingerprint density at radius 3 is 2.43 bits per heavy atom. The zero-order valence-corrected chi connectivity index (χ0v) is 28.3. The fourth-order valence-corrected chi connectivity index (χ4v) is 10.7.